The second-order valence-electron chi connectivity index (χ2n) is 3.52. The number of carbonyl (C=O) groups excluding carboxylic acids is 1. The first-order valence-electron chi connectivity index (χ1n) is 5.14. The summed E-state index contributed by atoms with van der Waals surface area (Å²) in [6.45, 7) is 0.379. The van der Waals surface area contributed by atoms with E-state index in [0.717, 1.165) is 5.56 Å². The van der Waals surface area contributed by atoms with Gasteiger partial charge in [-0.3, -0.25) is 9.78 Å². The summed E-state index contributed by atoms with van der Waals surface area (Å²) < 4.78 is 6.11. The number of primary amides is 1. The third-order valence-corrected chi connectivity index (χ3v) is 2.78. The van der Waals surface area contributed by atoms with Crippen LogP contribution < -0.4 is 10.5 Å². The molecule has 5 nitrogen and oxygen atoms in total. The van der Waals surface area contributed by atoms with Crippen molar-refractivity contribution >= 4 is 21.8 Å². The number of nitrogens with zero attached hydrogens (tertiary/aromatic N) is 2. The molecule has 2 aromatic rings. The Morgan fingerprint density at radius 1 is 1.39 bits per heavy atom. The molecule has 92 valence electrons. The highest BCUT2D eigenvalue weighted by Crippen LogP contribution is 2.23. The Bertz CT molecular complexity index is 561. The predicted octanol–water partition coefficient (Wildman–Crippen LogP) is 1.92. The molecule has 0 spiro atoms. The lowest BCUT2D eigenvalue weighted by molar-refractivity contribution is 0.1000. The van der Waals surface area contributed by atoms with Crippen molar-refractivity contribution < 1.29 is 9.53 Å². The van der Waals surface area contributed by atoms with Crippen LogP contribution in [0.25, 0.3) is 0 Å². The van der Waals surface area contributed by atoms with E-state index in [1.807, 2.05) is 12.1 Å². The van der Waals surface area contributed by atoms with Crippen LogP contribution in [0.5, 0.6) is 5.88 Å². The number of carbonyl (C=O) groups is 1. The van der Waals surface area contributed by atoms with E-state index in [-0.39, 0.29) is 0 Å². The van der Waals surface area contributed by atoms with E-state index >= 15 is 0 Å². The van der Waals surface area contributed by atoms with Crippen molar-refractivity contribution in [3.8, 4) is 5.88 Å². The minimum absolute atomic E-state index is 0.332. The second-order valence-corrected chi connectivity index (χ2v) is 4.37. The molecule has 0 aliphatic carbocycles. The quantitative estimate of drug-likeness (QED) is 0.936. The molecular formula is C12H10BrN3O2. The van der Waals surface area contributed by atoms with Gasteiger partial charge in [-0.1, -0.05) is 0 Å². The number of nitrogens with two attached hydrogens (primary N) is 1. The van der Waals surface area contributed by atoms with Gasteiger partial charge in [-0.05, 0) is 39.7 Å². The van der Waals surface area contributed by atoms with Gasteiger partial charge < -0.3 is 10.5 Å². The fraction of sp³-hybridized carbons (Fsp3) is 0.0833. The smallest absolute Gasteiger partial charge is 0.250 e. The average molecular weight is 308 g/mol. The lowest BCUT2D eigenvalue weighted by Crippen LogP contribution is -2.11. The van der Waals surface area contributed by atoms with Crippen molar-refractivity contribution in [2.45, 2.75) is 6.61 Å². The number of aromatic nitrogens is 2. The number of hydrogen-bond acceptors (Lipinski definition) is 4. The summed E-state index contributed by atoms with van der Waals surface area (Å²) in [7, 11) is 0. The zero-order valence-electron chi connectivity index (χ0n) is 9.34. The van der Waals surface area contributed by atoms with Crippen LogP contribution >= 0.6 is 15.9 Å². The predicted molar refractivity (Wildman–Crippen MR) is 69.0 cm³/mol. The van der Waals surface area contributed by atoms with Gasteiger partial charge in [0.25, 0.3) is 0 Å². The highest BCUT2D eigenvalue weighted by molar-refractivity contribution is 9.10. The van der Waals surface area contributed by atoms with Gasteiger partial charge in [0.2, 0.25) is 11.8 Å². The summed E-state index contributed by atoms with van der Waals surface area (Å²) in [6.07, 6.45) is 4.77. The third kappa shape index (κ3) is 3.04. The molecule has 6 heteroatoms. The fourth-order valence-corrected chi connectivity index (χ4v) is 1.76. The van der Waals surface area contributed by atoms with Crippen LogP contribution in [0.3, 0.4) is 0 Å². The number of amides is 1. The fourth-order valence-electron chi connectivity index (χ4n) is 1.30. The van der Waals surface area contributed by atoms with E-state index in [9.17, 15) is 4.79 Å². The first-order chi connectivity index (χ1) is 8.66. The minimum Gasteiger partial charge on any atom is -0.472 e. The van der Waals surface area contributed by atoms with Crippen molar-refractivity contribution in [3.63, 3.8) is 0 Å². The van der Waals surface area contributed by atoms with Gasteiger partial charge in [0, 0.05) is 18.6 Å². The van der Waals surface area contributed by atoms with Gasteiger partial charge in [0.15, 0.2) is 0 Å². The highest BCUT2D eigenvalue weighted by Gasteiger charge is 2.07. The Morgan fingerprint density at radius 3 is 2.72 bits per heavy atom. The molecule has 0 fully saturated rings. The number of hydrogen-bond donors (Lipinski definition) is 1. The maximum Gasteiger partial charge on any atom is 0.250 e. The molecule has 0 atom stereocenters. The van der Waals surface area contributed by atoms with E-state index < -0.39 is 5.91 Å². The molecule has 0 saturated carbocycles. The van der Waals surface area contributed by atoms with E-state index in [1.54, 1.807) is 18.5 Å². The largest absolute Gasteiger partial charge is 0.472 e. The summed E-state index contributed by atoms with van der Waals surface area (Å²) in [5.74, 6) is -0.110. The number of pyridine rings is 2. The number of ether oxygens (including phenoxy) is 1. The van der Waals surface area contributed by atoms with E-state index in [4.69, 9.17) is 10.5 Å². The normalized spacial score (nSPS) is 10.1. The van der Waals surface area contributed by atoms with Crippen molar-refractivity contribution in [2.24, 2.45) is 5.73 Å². The van der Waals surface area contributed by atoms with Gasteiger partial charge in [-0.2, -0.15) is 0 Å². The molecule has 0 saturated heterocycles. The van der Waals surface area contributed by atoms with E-state index in [2.05, 4.69) is 25.9 Å². The van der Waals surface area contributed by atoms with Crippen molar-refractivity contribution in [1.82, 2.24) is 9.97 Å². The molecule has 0 bridgehead atoms. The van der Waals surface area contributed by atoms with E-state index in [1.165, 1.54) is 6.20 Å². The summed E-state index contributed by atoms with van der Waals surface area (Å²) >= 11 is 3.28. The molecule has 2 heterocycles. The Kier molecular flexibility index (Phi) is 3.88. The van der Waals surface area contributed by atoms with Crippen LogP contribution in [0.2, 0.25) is 0 Å². The lowest BCUT2D eigenvalue weighted by Gasteiger charge is -2.07. The van der Waals surface area contributed by atoms with Crippen LogP contribution in [0, 0.1) is 0 Å². The maximum atomic E-state index is 11.0. The van der Waals surface area contributed by atoms with Gasteiger partial charge in [0.1, 0.15) is 6.61 Å². The first kappa shape index (κ1) is 12.5. The molecule has 2 rings (SSSR count). The van der Waals surface area contributed by atoms with Crippen LogP contribution in [-0.4, -0.2) is 15.9 Å². The lowest BCUT2D eigenvalue weighted by atomic mass is 10.3. The molecule has 0 aliphatic rings. The Balaban J connectivity index is 2.08. The third-order valence-electron chi connectivity index (χ3n) is 2.22. The molecule has 2 N–H and O–H groups in total. The van der Waals surface area contributed by atoms with Crippen LogP contribution in [0.15, 0.2) is 41.3 Å². The second kappa shape index (κ2) is 5.59. The Morgan fingerprint density at radius 2 is 2.11 bits per heavy atom. The zero-order valence-corrected chi connectivity index (χ0v) is 10.9. The van der Waals surface area contributed by atoms with Crippen molar-refractivity contribution in [3.05, 3.63) is 52.4 Å². The molecule has 0 aliphatic heterocycles. The van der Waals surface area contributed by atoms with Crippen molar-refractivity contribution in [2.75, 3.05) is 0 Å². The van der Waals surface area contributed by atoms with Gasteiger partial charge in [-0.15, -0.1) is 0 Å². The molecule has 1 amide bonds. The summed E-state index contributed by atoms with van der Waals surface area (Å²) in [6, 6.07) is 5.29. The van der Waals surface area contributed by atoms with E-state index in [0.29, 0.717) is 22.5 Å². The van der Waals surface area contributed by atoms with Crippen LogP contribution in [0.4, 0.5) is 0 Å². The van der Waals surface area contributed by atoms with Gasteiger partial charge >= 0.3 is 0 Å². The highest BCUT2D eigenvalue weighted by atomic mass is 79.9. The first-order valence-corrected chi connectivity index (χ1v) is 5.93. The number of rotatable bonds is 4. The monoisotopic (exact) mass is 307 g/mol. The molecule has 18 heavy (non-hydrogen) atoms. The molecule has 0 unspecified atom stereocenters. The van der Waals surface area contributed by atoms with Gasteiger partial charge in [-0.25, -0.2) is 4.98 Å². The molecule has 0 aromatic carbocycles. The van der Waals surface area contributed by atoms with Gasteiger partial charge in [0.05, 0.1) is 10.0 Å². The van der Waals surface area contributed by atoms with Crippen LogP contribution in [-0.2, 0) is 6.61 Å². The SMILES string of the molecule is NC(=O)c1cnc(OCc2ccncc2)c(Br)c1. The molecular weight excluding hydrogens is 298 g/mol. The van der Waals surface area contributed by atoms with Crippen molar-refractivity contribution in [1.29, 1.82) is 0 Å². The Labute approximate surface area is 112 Å². The summed E-state index contributed by atoms with van der Waals surface area (Å²) in [5.41, 5.74) is 6.47. The van der Waals surface area contributed by atoms with Crippen LogP contribution in [0.1, 0.15) is 15.9 Å². The number of halogens is 1. The molecule has 2 aromatic heterocycles. The summed E-state index contributed by atoms with van der Waals surface area (Å²) in [5, 5.41) is 0. The minimum atomic E-state index is -0.524. The zero-order chi connectivity index (χ0) is 13.0. The average Bonchev–Trinajstić information content (AvgIpc) is 2.38. The standard InChI is InChI=1S/C12H10BrN3O2/c13-10-5-9(11(14)17)6-16-12(10)18-7-8-1-3-15-4-2-8/h1-6H,7H2,(H2,14,17). The molecule has 0 radical (unpaired) electrons. The summed E-state index contributed by atoms with van der Waals surface area (Å²) in [4.78, 5) is 18.9. The maximum absolute atomic E-state index is 11.0. The Hall–Kier alpha value is -1.95. The topological polar surface area (TPSA) is 78.1 Å².